The van der Waals surface area contributed by atoms with Crippen LogP contribution in [0.5, 0.6) is 5.75 Å². The molecule has 9 heteroatoms. The summed E-state index contributed by atoms with van der Waals surface area (Å²) in [6.45, 7) is 10.1. The van der Waals surface area contributed by atoms with E-state index in [2.05, 4.69) is 26.1 Å². The summed E-state index contributed by atoms with van der Waals surface area (Å²) in [6.07, 6.45) is -3.63. The number of carbonyl (C=O) groups excluding carboxylic acids is 2. The number of benzene rings is 2. The highest BCUT2D eigenvalue weighted by molar-refractivity contribution is 6.74. The number of hydrogen-bond acceptors (Lipinski definition) is 5. The Morgan fingerprint density at radius 3 is 2.26 bits per heavy atom. The van der Waals surface area contributed by atoms with Gasteiger partial charge in [-0.05, 0) is 41.9 Å². The molecule has 0 aromatic heterocycles. The van der Waals surface area contributed by atoms with E-state index >= 15 is 0 Å². The Kier molecular flexibility index (Phi) is 9.34. The molecule has 0 unspecified atom stereocenters. The van der Waals surface area contributed by atoms with E-state index in [4.69, 9.17) is 13.9 Å². The lowest BCUT2D eigenvalue weighted by molar-refractivity contribution is 0.0868. The Hall–Kier alpha value is -2.78. The first-order valence-corrected chi connectivity index (χ1v) is 13.9. The molecule has 0 fully saturated rings. The number of ketones is 1. The molecule has 0 heterocycles. The van der Waals surface area contributed by atoms with Crippen molar-refractivity contribution < 1.29 is 32.3 Å². The van der Waals surface area contributed by atoms with Crippen molar-refractivity contribution in [2.24, 2.45) is 0 Å². The highest BCUT2D eigenvalue weighted by Crippen LogP contribution is 2.36. The predicted octanol–water partition coefficient (Wildman–Crippen LogP) is 6.13. The van der Waals surface area contributed by atoms with Gasteiger partial charge in [0.2, 0.25) is 0 Å². The largest absolute Gasteiger partial charge is 0.496 e. The van der Waals surface area contributed by atoms with Crippen molar-refractivity contribution in [1.82, 2.24) is 5.32 Å². The van der Waals surface area contributed by atoms with E-state index in [1.54, 1.807) is 12.1 Å². The molecule has 0 aliphatic rings. The van der Waals surface area contributed by atoms with Crippen molar-refractivity contribution in [3.63, 3.8) is 0 Å². The average molecular weight is 494 g/mol. The van der Waals surface area contributed by atoms with Crippen LogP contribution in [0.2, 0.25) is 18.1 Å². The van der Waals surface area contributed by atoms with Gasteiger partial charge in [-0.3, -0.25) is 4.79 Å². The number of alkyl carbamates (subject to hydrolysis) is 1. The molecule has 0 saturated carbocycles. The smallest absolute Gasteiger partial charge is 0.408 e. The third-order valence-corrected chi connectivity index (χ3v) is 10.5. The summed E-state index contributed by atoms with van der Waals surface area (Å²) in [4.78, 5) is 25.8. The quantitative estimate of drug-likeness (QED) is 0.318. The Morgan fingerprint density at radius 1 is 1.06 bits per heavy atom. The van der Waals surface area contributed by atoms with Crippen LogP contribution in [0, 0.1) is 0 Å². The van der Waals surface area contributed by atoms with E-state index in [0.717, 1.165) is 11.6 Å². The van der Waals surface area contributed by atoms with Gasteiger partial charge in [0.15, 0.2) is 14.1 Å². The second kappa shape index (κ2) is 11.6. The van der Waals surface area contributed by atoms with E-state index in [1.807, 2.05) is 31.3 Å². The molecule has 34 heavy (non-hydrogen) atoms. The number of carbonyl (C=O) groups is 2. The molecular weight excluding hydrogens is 460 g/mol. The fourth-order valence-corrected chi connectivity index (χ4v) is 3.87. The molecule has 6 nitrogen and oxygen atoms in total. The fraction of sp³-hybridized carbons (Fsp3) is 0.440. The number of methoxy groups -OCH3 is 1. The zero-order chi connectivity index (χ0) is 25.5. The number of halogens is 2. The number of nitrogens with one attached hydrogen (secondary N) is 1. The number of hydrogen-bond donors (Lipinski definition) is 1. The molecule has 1 atom stereocenters. The maximum absolute atomic E-state index is 13.5. The number of alkyl halides is 2. The van der Waals surface area contributed by atoms with Crippen LogP contribution in [0.15, 0.2) is 48.5 Å². The topological polar surface area (TPSA) is 73.9 Å². The zero-order valence-electron chi connectivity index (χ0n) is 20.5. The van der Waals surface area contributed by atoms with Crippen LogP contribution in [0.4, 0.5) is 13.6 Å². The second-order valence-electron chi connectivity index (χ2n) is 9.45. The molecule has 2 aromatic rings. The Labute approximate surface area is 200 Å². The highest BCUT2D eigenvalue weighted by Gasteiger charge is 2.38. The summed E-state index contributed by atoms with van der Waals surface area (Å²) in [6, 6.07) is 11.8. The number of ether oxygens (including phenoxy) is 2. The highest BCUT2D eigenvalue weighted by atomic mass is 28.4. The van der Waals surface area contributed by atoms with Crippen LogP contribution >= 0.6 is 0 Å². The number of Topliss-reactive ketones (excluding diaryl/α,β-unsaturated/α-hetero) is 1. The molecule has 2 rings (SSSR count). The van der Waals surface area contributed by atoms with Crippen LogP contribution in [0.25, 0.3) is 0 Å². The molecular formula is C25H33F2NO5Si. The first kappa shape index (κ1) is 27.5. The molecule has 0 aliphatic carbocycles. The van der Waals surface area contributed by atoms with Crippen molar-refractivity contribution in [3.8, 4) is 5.75 Å². The molecule has 0 aliphatic heterocycles. The second-order valence-corrected chi connectivity index (χ2v) is 14.3. The lowest BCUT2D eigenvalue weighted by Gasteiger charge is -2.37. The van der Waals surface area contributed by atoms with Gasteiger partial charge in [-0.1, -0.05) is 51.1 Å². The summed E-state index contributed by atoms with van der Waals surface area (Å²) < 4.78 is 43.3. The lowest BCUT2D eigenvalue weighted by atomic mass is 10.0. The first-order valence-electron chi connectivity index (χ1n) is 11.0. The van der Waals surface area contributed by atoms with Gasteiger partial charge in [0, 0.05) is 5.56 Å². The predicted molar refractivity (Wildman–Crippen MR) is 129 cm³/mol. The van der Waals surface area contributed by atoms with Crippen molar-refractivity contribution in [2.75, 3.05) is 13.7 Å². The van der Waals surface area contributed by atoms with Gasteiger partial charge in [-0.25, -0.2) is 13.6 Å². The van der Waals surface area contributed by atoms with Gasteiger partial charge < -0.3 is 19.2 Å². The minimum absolute atomic E-state index is 0.0169. The van der Waals surface area contributed by atoms with Crippen LogP contribution in [-0.2, 0) is 15.8 Å². The van der Waals surface area contributed by atoms with Gasteiger partial charge >= 0.3 is 6.09 Å². The molecule has 1 N–H and O–H groups in total. The minimum atomic E-state index is -2.83. The minimum Gasteiger partial charge on any atom is -0.496 e. The van der Waals surface area contributed by atoms with Crippen LogP contribution in [0.3, 0.4) is 0 Å². The van der Waals surface area contributed by atoms with Gasteiger partial charge in [0.25, 0.3) is 6.43 Å². The maximum atomic E-state index is 13.5. The third-order valence-electron chi connectivity index (χ3n) is 5.99. The number of rotatable bonds is 10. The monoisotopic (exact) mass is 493 g/mol. The van der Waals surface area contributed by atoms with Crippen molar-refractivity contribution in [1.29, 1.82) is 0 Å². The van der Waals surface area contributed by atoms with Gasteiger partial charge in [0.1, 0.15) is 18.4 Å². The van der Waals surface area contributed by atoms with E-state index in [-0.39, 0.29) is 29.6 Å². The summed E-state index contributed by atoms with van der Waals surface area (Å²) in [5, 5.41) is 2.43. The summed E-state index contributed by atoms with van der Waals surface area (Å²) in [5.74, 6) is -0.573. The molecule has 0 bridgehead atoms. The van der Waals surface area contributed by atoms with Crippen LogP contribution < -0.4 is 10.1 Å². The van der Waals surface area contributed by atoms with Gasteiger partial charge in [-0.15, -0.1) is 0 Å². The zero-order valence-corrected chi connectivity index (χ0v) is 21.5. The van der Waals surface area contributed by atoms with E-state index < -0.39 is 38.2 Å². The van der Waals surface area contributed by atoms with Crippen molar-refractivity contribution in [2.45, 2.75) is 58.0 Å². The summed E-state index contributed by atoms with van der Waals surface area (Å²) >= 11 is 0. The van der Waals surface area contributed by atoms with Gasteiger partial charge in [0.05, 0.1) is 19.3 Å². The van der Waals surface area contributed by atoms with E-state index in [1.165, 1.54) is 19.2 Å². The Morgan fingerprint density at radius 2 is 1.71 bits per heavy atom. The van der Waals surface area contributed by atoms with E-state index in [9.17, 15) is 18.4 Å². The SMILES string of the molecule is COc1ccc(C(=O)[C@@H](CO[Si](C)(C)C(C)(C)C)NC(=O)OCc2ccccc2)cc1C(F)F. The fourth-order valence-electron chi connectivity index (χ4n) is 2.86. The van der Waals surface area contributed by atoms with Crippen molar-refractivity contribution >= 4 is 20.2 Å². The van der Waals surface area contributed by atoms with E-state index in [0.29, 0.717) is 0 Å². The summed E-state index contributed by atoms with van der Waals surface area (Å²) in [5.41, 5.74) is 0.405. The Balaban J connectivity index is 2.24. The maximum Gasteiger partial charge on any atom is 0.408 e. The molecule has 2 aromatic carbocycles. The number of amides is 1. The molecule has 0 saturated heterocycles. The third kappa shape index (κ3) is 7.36. The van der Waals surface area contributed by atoms with Crippen LogP contribution in [0.1, 0.15) is 48.7 Å². The standard InChI is InChI=1S/C25H33F2NO5Si/c1-25(2,3)34(5,6)33-16-20(28-24(30)32-15-17-10-8-7-9-11-17)22(29)18-12-13-21(31-4)19(14-18)23(26)27/h7-14,20,23H,15-16H2,1-6H3,(H,28,30)/t20-/m1/s1. The molecule has 0 radical (unpaired) electrons. The van der Waals surface area contributed by atoms with Gasteiger partial charge in [-0.2, -0.15) is 0 Å². The molecule has 1 amide bonds. The van der Waals surface area contributed by atoms with Crippen molar-refractivity contribution in [3.05, 3.63) is 65.2 Å². The Bertz CT molecular complexity index is 977. The summed E-state index contributed by atoms with van der Waals surface area (Å²) in [7, 11) is -0.984. The first-order chi connectivity index (χ1) is 15.9. The van der Waals surface area contributed by atoms with Crippen LogP contribution in [-0.4, -0.2) is 40.0 Å². The lowest BCUT2D eigenvalue weighted by Crippen LogP contribution is -2.49. The normalized spacial score (nSPS) is 12.9. The average Bonchev–Trinajstić information content (AvgIpc) is 2.79. The molecule has 0 spiro atoms. The molecule has 186 valence electrons.